The smallest absolute Gasteiger partial charge is 0.410 e. The van der Waals surface area contributed by atoms with Gasteiger partial charge < -0.3 is 19.5 Å². The molecule has 0 unspecified atom stereocenters. The molecule has 5 rings (SSSR count). The molecule has 3 atom stereocenters. The number of carbonyl (C=O) groups excluding carboxylic acids is 1. The van der Waals surface area contributed by atoms with Gasteiger partial charge in [0.05, 0.1) is 36.3 Å². The minimum atomic E-state index is -4.25. The first kappa shape index (κ1) is 25.3. The van der Waals surface area contributed by atoms with E-state index < -0.39 is 51.5 Å². The topological polar surface area (TPSA) is 96.4 Å². The third kappa shape index (κ3) is 4.82. The number of halogens is 3. The first-order valence-corrected chi connectivity index (χ1v) is 13.4. The van der Waals surface area contributed by atoms with Crippen LogP contribution in [0.3, 0.4) is 0 Å². The van der Waals surface area contributed by atoms with Gasteiger partial charge in [-0.05, 0) is 61.2 Å². The second kappa shape index (κ2) is 9.53. The minimum Gasteiger partial charge on any atom is -0.441 e. The Morgan fingerprint density at radius 3 is 2.36 bits per heavy atom. The van der Waals surface area contributed by atoms with E-state index >= 15 is 0 Å². The summed E-state index contributed by atoms with van der Waals surface area (Å²) in [6, 6.07) is 6.41. The van der Waals surface area contributed by atoms with Crippen LogP contribution in [0, 0.1) is 11.6 Å². The second-order valence-corrected chi connectivity index (χ2v) is 11.7. The fraction of sp³-hybridized carbons (Fsp3) is 0.458. The zero-order valence-corrected chi connectivity index (χ0v) is 20.7. The minimum absolute atomic E-state index is 0.0644. The Bertz CT molecular complexity index is 1240. The largest absolute Gasteiger partial charge is 0.441 e. The summed E-state index contributed by atoms with van der Waals surface area (Å²) in [6.07, 6.45) is -0.0783. The number of carbonyl (C=O) groups is 1. The van der Waals surface area contributed by atoms with Crippen molar-refractivity contribution >= 4 is 27.7 Å². The molecule has 12 heteroatoms. The molecule has 194 valence electrons. The SMILES string of the molecule is O=C(OC1([C@H]2COC[C@@H](c3cc(F)cc(F)c3)N2S(=O)(=O)c2ccc(Cl)cc2)CC1)N1CC[C@@H](O)C1. The highest BCUT2D eigenvalue weighted by Crippen LogP contribution is 2.50. The van der Waals surface area contributed by atoms with E-state index in [1.165, 1.54) is 29.2 Å². The van der Waals surface area contributed by atoms with E-state index in [9.17, 15) is 27.1 Å². The number of nitrogens with zero attached hydrogens (tertiary/aromatic N) is 2. The Morgan fingerprint density at radius 1 is 1.11 bits per heavy atom. The lowest BCUT2D eigenvalue weighted by Crippen LogP contribution is -2.58. The summed E-state index contributed by atoms with van der Waals surface area (Å²) in [5.41, 5.74) is -1.09. The normalized spacial score (nSPS) is 26.1. The van der Waals surface area contributed by atoms with Crippen molar-refractivity contribution < 1.29 is 36.6 Å². The number of aliphatic hydroxyl groups excluding tert-OH is 1. The van der Waals surface area contributed by atoms with Gasteiger partial charge in [-0.3, -0.25) is 0 Å². The van der Waals surface area contributed by atoms with Gasteiger partial charge >= 0.3 is 6.09 Å². The zero-order chi connectivity index (χ0) is 25.7. The van der Waals surface area contributed by atoms with E-state index in [4.69, 9.17) is 21.1 Å². The molecule has 0 aromatic heterocycles. The Hall–Kier alpha value is -2.31. The van der Waals surface area contributed by atoms with Gasteiger partial charge in [0.15, 0.2) is 0 Å². The molecule has 8 nitrogen and oxygen atoms in total. The Balaban J connectivity index is 1.54. The van der Waals surface area contributed by atoms with Gasteiger partial charge in [0, 0.05) is 24.2 Å². The Labute approximate surface area is 212 Å². The highest BCUT2D eigenvalue weighted by Gasteiger charge is 2.61. The monoisotopic (exact) mass is 542 g/mol. The fourth-order valence-corrected chi connectivity index (χ4v) is 6.84. The van der Waals surface area contributed by atoms with Gasteiger partial charge in [0.2, 0.25) is 10.0 Å². The summed E-state index contributed by atoms with van der Waals surface area (Å²) in [5.74, 6) is -1.70. The number of morpholine rings is 1. The maximum Gasteiger partial charge on any atom is 0.410 e. The van der Waals surface area contributed by atoms with Gasteiger partial charge in [-0.25, -0.2) is 22.0 Å². The van der Waals surface area contributed by atoms with E-state index in [1.54, 1.807) is 0 Å². The third-order valence-corrected chi connectivity index (χ3v) is 9.07. The summed E-state index contributed by atoms with van der Waals surface area (Å²) < 4.78 is 69.0. The van der Waals surface area contributed by atoms with Crippen LogP contribution in [0.15, 0.2) is 47.4 Å². The van der Waals surface area contributed by atoms with Gasteiger partial charge in [-0.15, -0.1) is 0 Å². The molecule has 2 aromatic rings. The van der Waals surface area contributed by atoms with Crippen molar-refractivity contribution in [3.63, 3.8) is 0 Å². The van der Waals surface area contributed by atoms with Crippen LogP contribution in [0.25, 0.3) is 0 Å². The van der Waals surface area contributed by atoms with Crippen LogP contribution < -0.4 is 0 Å². The van der Waals surface area contributed by atoms with Crippen molar-refractivity contribution in [1.82, 2.24) is 9.21 Å². The van der Waals surface area contributed by atoms with Crippen LogP contribution in [0.2, 0.25) is 5.02 Å². The highest BCUT2D eigenvalue weighted by molar-refractivity contribution is 7.89. The van der Waals surface area contributed by atoms with E-state index in [0.29, 0.717) is 36.9 Å². The molecule has 36 heavy (non-hydrogen) atoms. The Kier molecular flexibility index (Phi) is 6.71. The number of benzene rings is 2. The number of hydrogen-bond donors (Lipinski definition) is 1. The summed E-state index contributed by atoms with van der Waals surface area (Å²) >= 11 is 5.96. The standard InChI is InChI=1S/C24H25ClF2N2O6S/c25-16-1-3-20(4-2-16)36(32,33)29-21(15-9-17(26)11-18(27)10-15)13-34-14-22(29)24(6-7-24)35-23(31)28-8-5-19(30)12-28/h1-4,9-11,19,21-22,30H,5-8,12-14H2/t19-,21+,22-/m1/s1. The Morgan fingerprint density at radius 2 is 1.78 bits per heavy atom. The van der Waals surface area contributed by atoms with Crippen LogP contribution in [-0.2, 0) is 19.5 Å². The van der Waals surface area contributed by atoms with Crippen LogP contribution in [0.4, 0.5) is 13.6 Å². The van der Waals surface area contributed by atoms with Gasteiger partial charge in [0.1, 0.15) is 17.2 Å². The molecule has 1 amide bonds. The predicted octanol–water partition coefficient (Wildman–Crippen LogP) is 3.48. The van der Waals surface area contributed by atoms with Crippen molar-refractivity contribution in [2.75, 3.05) is 26.3 Å². The molecule has 2 aromatic carbocycles. The molecule has 1 saturated carbocycles. The highest BCUT2D eigenvalue weighted by atomic mass is 35.5. The van der Waals surface area contributed by atoms with Crippen molar-refractivity contribution in [3.05, 3.63) is 64.7 Å². The maximum absolute atomic E-state index is 14.1. The number of amides is 1. The first-order valence-electron chi connectivity index (χ1n) is 11.6. The number of hydrogen-bond acceptors (Lipinski definition) is 6. The number of β-amino-alcohol motifs (C(OH)–C–C–N with tert-alkyl or cyclic N) is 1. The van der Waals surface area contributed by atoms with Crippen LogP contribution >= 0.6 is 11.6 Å². The van der Waals surface area contributed by atoms with E-state index in [-0.39, 0.29) is 30.2 Å². The van der Waals surface area contributed by atoms with Crippen molar-refractivity contribution in [3.8, 4) is 0 Å². The van der Waals surface area contributed by atoms with Crippen LogP contribution in [-0.4, -0.2) is 72.9 Å². The van der Waals surface area contributed by atoms with Gasteiger partial charge in [-0.2, -0.15) is 4.31 Å². The number of likely N-dealkylation sites (tertiary alicyclic amines) is 1. The summed E-state index contributed by atoms with van der Waals surface area (Å²) in [6.45, 7) is 0.245. The molecule has 3 aliphatic rings. The molecule has 0 spiro atoms. The molecule has 2 aliphatic heterocycles. The van der Waals surface area contributed by atoms with Crippen molar-refractivity contribution in [2.45, 2.75) is 47.9 Å². The summed E-state index contributed by atoms with van der Waals surface area (Å²) in [7, 11) is -4.25. The lowest BCUT2D eigenvalue weighted by atomic mass is 10.0. The van der Waals surface area contributed by atoms with Gasteiger partial charge in [-0.1, -0.05) is 11.6 Å². The van der Waals surface area contributed by atoms with E-state index in [0.717, 1.165) is 16.4 Å². The average molecular weight is 543 g/mol. The maximum atomic E-state index is 14.1. The molecule has 0 radical (unpaired) electrons. The summed E-state index contributed by atoms with van der Waals surface area (Å²) in [4.78, 5) is 14.2. The number of ether oxygens (including phenoxy) is 2. The van der Waals surface area contributed by atoms with E-state index in [2.05, 4.69) is 0 Å². The first-order chi connectivity index (χ1) is 17.1. The number of aliphatic hydroxyl groups is 1. The van der Waals surface area contributed by atoms with E-state index in [1.807, 2.05) is 0 Å². The molecular formula is C24H25ClF2N2O6S. The molecule has 2 saturated heterocycles. The molecule has 1 aliphatic carbocycles. The predicted molar refractivity (Wildman–Crippen MR) is 125 cm³/mol. The fourth-order valence-electron chi connectivity index (χ4n) is 4.89. The van der Waals surface area contributed by atoms with Crippen molar-refractivity contribution in [2.24, 2.45) is 0 Å². The molecule has 3 fully saturated rings. The molecule has 2 heterocycles. The summed E-state index contributed by atoms with van der Waals surface area (Å²) in [5, 5.41) is 10.1. The second-order valence-electron chi connectivity index (χ2n) is 9.38. The van der Waals surface area contributed by atoms with Crippen LogP contribution in [0.1, 0.15) is 30.9 Å². The van der Waals surface area contributed by atoms with Crippen LogP contribution in [0.5, 0.6) is 0 Å². The molecular weight excluding hydrogens is 518 g/mol. The van der Waals surface area contributed by atoms with Gasteiger partial charge in [0.25, 0.3) is 0 Å². The lowest BCUT2D eigenvalue weighted by Gasteiger charge is -2.44. The zero-order valence-electron chi connectivity index (χ0n) is 19.1. The lowest BCUT2D eigenvalue weighted by molar-refractivity contribution is -0.0718. The average Bonchev–Trinajstić information content (AvgIpc) is 3.48. The van der Waals surface area contributed by atoms with Crippen molar-refractivity contribution in [1.29, 1.82) is 0 Å². The quantitative estimate of drug-likeness (QED) is 0.621. The molecule has 0 bridgehead atoms. The molecule has 1 N–H and O–H groups in total. The third-order valence-electron chi connectivity index (χ3n) is 6.89. The number of sulfonamides is 1. The number of rotatable bonds is 5.